The summed E-state index contributed by atoms with van der Waals surface area (Å²) in [4.78, 5) is 16.7. The largest absolute Gasteiger partial charge is 0.491 e. The summed E-state index contributed by atoms with van der Waals surface area (Å²) in [6, 6.07) is 15.9. The number of benzene rings is 2. The van der Waals surface area contributed by atoms with Crippen molar-refractivity contribution in [3.63, 3.8) is 0 Å². The van der Waals surface area contributed by atoms with Gasteiger partial charge in [0.15, 0.2) is 5.96 Å². The summed E-state index contributed by atoms with van der Waals surface area (Å²) in [5.74, 6) is 1.77. The number of amides is 1. The van der Waals surface area contributed by atoms with Crippen molar-refractivity contribution in [1.29, 1.82) is 0 Å². The van der Waals surface area contributed by atoms with E-state index in [9.17, 15) is 4.79 Å². The SMILES string of the molecule is CCNC(=NCC1CC(=O)Nc2ccccc21)NCCOc1ccccc1C.I. The smallest absolute Gasteiger partial charge is 0.225 e. The number of para-hydroxylation sites is 2. The Morgan fingerprint density at radius 3 is 2.72 bits per heavy atom. The number of nitrogens with one attached hydrogen (secondary N) is 3. The molecule has 0 aromatic heterocycles. The fourth-order valence-corrected chi connectivity index (χ4v) is 3.26. The molecule has 0 saturated carbocycles. The predicted octanol–water partition coefficient (Wildman–Crippen LogP) is 3.67. The number of hydrogen-bond acceptors (Lipinski definition) is 3. The molecule has 1 aliphatic rings. The lowest BCUT2D eigenvalue weighted by atomic mass is 9.91. The molecule has 156 valence electrons. The molecule has 29 heavy (non-hydrogen) atoms. The average molecular weight is 508 g/mol. The molecule has 2 aromatic rings. The molecule has 1 amide bonds. The van der Waals surface area contributed by atoms with E-state index in [0.29, 0.717) is 26.1 Å². The van der Waals surface area contributed by atoms with E-state index in [-0.39, 0.29) is 35.8 Å². The molecule has 0 aliphatic carbocycles. The zero-order valence-electron chi connectivity index (χ0n) is 16.9. The summed E-state index contributed by atoms with van der Waals surface area (Å²) in [5, 5.41) is 9.48. The van der Waals surface area contributed by atoms with E-state index in [1.807, 2.05) is 56.3 Å². The number of halogens is 1. The molecule has 3 N–H and O–H groups in total. The van der Waals surface area contributed by atoms with Crippen LogP contribution in [-0.4, -0.2) is 38.1 Å². The minimum atomic E-state index is 0. The second kappa shape index (κ2) is 11.6. The molecule has 6 nitrogen and oxygen atoms in total. The van der Waals surface area contributed by atoms with E-state index in [1.165, 1.54) is 0 Å². The number of carbonyl (C=O) groups is 1. The monoisotopic (exact) mass is 508 g/mol. The van der Waals surface area contributed by atoms with Crippen LogP contribution < -0.4 is 20.7 Å². The van der Waals surface area contributed by atoms with Crippen molar-refractivity contribution >= 4 is 41.5 Å². The highest BCUT2D eigenvalue weighted by Crippen LogP contribution is 2.31. The van der Waals surface area contributed by atoms with E-state index in [2.05, 4.69) is 22.0 Å². The Kier molecular flexibility index (Phi) is 9.24. The lowest BCUT2D eigenvalue weighted by Crippen LogP contribution is -2.39. The van der Waals surface area contributed by atoms with Gasteiger partial charge in [0.05, 0.1) is 13.1 Å². The summed E-state index contributed by atoms with van der Waals surface area (Å²) in [5.41, 5.74) is 3.16. The van der Waals surface area contributed by atoms with E-state index in [4.69, 9.17) is 9.73 Å². The molecule has 0 bridgehead atoms. The van der Waals surface area contributed by atoms with Gasteiger partial charge in [-0.3, -0.25) is 9.79 Å². The second-order valence-corrected chi connectivity index (χ2v) is 6.80. The van der Waals surface area contributed by atoms with Crippen molar-refractivity contribution in [2.24, 2.45) is 4.99 Å². The van der Waals surface area contributed by atoms with Gasteiger partial charge in [-0.25, -0.2) is 0 Å². The van der Waals surface area contributed by atoms with Crippen LogP contribution >= 0.6 is 24.0 Å². The molecule has 3 rings (SSSR count). The normalized spacial score (nSPS) is 15.6. The van der Waals surface area contributed by atoms with E-state index in [1.54, 1.807) is 0 Å². The lowest BCUT2D eigenvalue weighted by Gasteiger charge is -2.24. The number of guanidine groups is 1. The second-order valence-electron chi connectivity index (χ2n) is 6.80. The summed E-state index contributed by atoms with van der Waals surface area (Å²) in [6.45, 7) is 6.58. The van der Waals surface area contributed by atoms with Crippen LogP contribution in [0, 0.1) is 6.92 Å². The first kappa shape index (κ1) is 23.0. The van der Waals surface area contributed by atoms with Gasteiger partial charge in [0.1, 0.15) is 12.4 Å². The maximum absolute atomic E-state index is 12.0. The first-order chi connectivity index (χ1) is 13.7. The van der Waals surface area contributed by atoms with Gasteiger partial charge < -0.3 is 20.7 Å². The highest BCUT2D eigenvalue weighted by Gasteiger charge is 2.24. The zero-order chi connectivity index (χ0) is 19.8. The molecule has 1 unspecified atom stereocenters. The van der Waals surface area contributed by atoms with Crippen LogP contribution in [0.1, 0.15) is 30.4 Å². The molecule has 7 heteroatoms. The highest BCUT2D eigenvalue weighted by molar-refractivity contribution is 14.0. The third kappa shape index (κ3) is 6.62. The third-order valence-corrected chi connectivity index (χ3v) is 4.67. The first-order valence-electron chi connectivity index (χ1n) is 9.76. The van der Waals surface area contributed by atoms with E-state index < -0.39 is 0 Å². The predicted molar refractivity (Wildman–Crippen MR) is 129 cm³/mol. The minimum Gasteiger partial charge on any atom is -0.491 e. The number of nitrogens with zero attached hydrogens (tertiary/aromatic N) is 1. The number of hydrogen-bond donors (Lipinski definition) is 3. The Labute approximate surface area is 189 Å². The molecule has 0 fully saturated rings. The van der Waals surface area contributed by atoms with Gasteiger partial charge in [-0.15, -0.1) is 24.0 Å². The number of rotatable bonds is 7. The van der Waals surface area contributed by atoms with Crippen molar-refractivity contribution in [3.8, 4) is 5.75 Å². The Morgan fingerprint density at radius 1 is 1.17 bits per heavy atom. The fraction of sp³-hybridized carbons (Fsp3) is 0.364. The quantitative estimate of drug-likeness (QED) is 0.231. The Hall–Kier alpha value is -2.29. The van der Waals surface area contributed by atoms with Crippen LogP contribution in [0.3, 0.4) is 0 Å². The van der Waals surface area contributed by atoms with Crippen LogP contribution in [0.5, 0.6) is 5.75 Å². The van der Waals surface area contributed by atoms with Crippen LogP contribution in [0.2, 0.25) is 0 Å². The minimum absolute atomic E-state index is 0. The molecule has 1 atom stereocenters. The fourth-order valence-electron chi connectivity index (χ4n) is 3.26. The summed E-state index contributed by atoms with van der Waals surface area (Å²) >= 11 is 0. The average Bonchev–Trinajstić information content (AvgIpc) is 2.70. The molecule has 0 radical (unpaired) electrons. The van der Waals surface area contributed by atoms with Crippen LogP contribution in [0.4, 0.5) is 5.69 Å². The maximum atomic E-state index is 12.0. The van der Waals surface area contributed by atoms with Gasteiger partial charge in [0.2, 0.25) is 5.91 Å². The maximum Gasteiger partial charge on any atom is 0.225 e. The molecule has 1 heterocycles. The Morgan fingerprint density at radius 2 is 1.93 bits per heavy atom. The van der Waals surface area contributed by atoms with E-state index in [0.717, 1.165) is 35.1 Å². The summed E-state index contributed by atoms with van der Waals surface area (Å²) in [7, 11) is 0. The highest BCUT2D eigenvalue weighted by atomic mass is 127. The number of aliphatic imine (C=N–C) groups is 1. The van der Waals surface area contributed by atoms with E-state index >= 15 is 0 Å². The van der Waals surface area contributed by atoms with Crippen LogP contribution in [-0.2, 0) is 4.79 Å². The molecule has 0 spiro atoms. The van der Waals surface area contributed by atoms with Crippen molar-refractivity contribution in [2.45, 2.75) is 26.2 Å². The van der Waals surface area contributed by atoms with Gasteiger partial charge in [-0.1, -0.05) is 36.4 Å². The standard InChI is InChI=1S/C22H28N4O2.HI/c1-3-23-22(24-12-13-28-20-11-7-4-8-16(20)2)25-15-17-14-21(27)26-19-10-6-5-9-18(17)19;/h4-11,17H,3,12-15H2,1-2H3,(H,26,27)(H2,23,24,25);1H. The molecular formula is C22H29IN4O2. The third-order valence-electron chi connectivity index (χ3n) is 4.67. The Bertz CT molecular complexity index is 841. The first-order valence-corrected chi connectivity index (χ1v) is 9.76. The summed E-state index contributed by atoms with van der Waals surface area (Å²) < 4.78 is 5.82. The van der Waals surface area contributed by atoms with Crippen LogP contribution in [0.15, 0.2) is 53.5 Å². The molecule has 2 aromatic carbocycles. The van der Waals surface area contributed by atoms with Crippen molar-refractivity contribution < 1.29 is 9.53 Å². The van der Waals surface area contributed by atoms with Crippen molar-refractivity contribution in [2.75, 3.05) is 31.6 Å². The number of aryl methyl sites for hydroxylation is 1. The van der Waals surface area contributed by atoms with Gasteiger partial charge in [0, 0.05) is 24.6 Å². The molecule has 1 aliphatic heterocycles. The van der Waals surface area contributed by atoms with Crippen LogP contribution in [0.25, 0.3) is 0 Å². The summed E-state index contributed by atoms with van der Waals surface area (Å²) in [6.07, 6.45) is 0.455. The topological polar surface area (TPSA) is 74.8 Å². The number of ether oxygens (including phenoxy) is 1. The van der Waals surface area contributed by atoms with Gasteiger partial charge >= 0.3 is 0 Å². The van der Waals surface area contributed by atoms with Gasteiger partial charge in [0.25, 0.3) is 0 Å². The zero-order valence-corrected chi connectivity index (χ0v) is 19.2. The molecule has 0 saturated heterocycles. The number of anilines is 1. The lowest BCUT2D eigenvalue weighted by molar-refractivity contribution is -0.116. The van der Waals surface area contributed by atoms with Gasteiger partial charge in [-0.05, 0) is 37.1 Å². The number of carbonyl (C=O) groups excluding carboxylic acids is 1. The van der Waals surface area contributed by atoms with Crippen molar-refractivity contribution in [1.82, 2.24) is 10.6 Å². The van der Waals surface area contributed by atoms with Gasteiger partial charge in [-0.2, -0.15) is 0 Å². The van der Waals surface area contributed by atoms with Crippen molar-refractivity contribution in [3.05, 3.63) is 59.7 Å². The number of fused-ring (bicyclic) bond motifs is 1. The Balaban J connectivity index is 0.00000300. The molecular weight excluding hydrogens is 479 g/mol.